The molecule has 0 aliphatic carbocycles. The molecule has 9 rings (SSSR count). The molecule has 3 N–H and O–H groups in total. The fraction of sp³-hybridized carbons (Fsp3) is 0.339. The van der Waals surface area contributed by atoms with Gasteiger partial charge in [0, 0.05) is 60.9 Å². The Hall–Kier alpha value is -7.34. The zero-order chi connectivity index (χ0) is 52.8. The molecule has 388 valence electrons. The van der Waals surface area contributed by atoms with Crippen molar-refractivity contribution in [3.05, 3.63) is 152 Å². The molecule has 6 aromatic rings. The highest BCUT2D eigenvalue weighted by Gasteiger charge is 2.46. The van der Waals surface area contributed by atoms with E-state index in [0.29, 0.717) is 49.8 Å². The SMILES string of the molecule is Cc1ccc(F)cc1C(C(=O)Nc1nccs1)N1Cc2cccc(C#CCOCCOCCOc3cc(-c4scnc4C)ccc3CNC(=O)[C@@H]3C[C@@H](O)CN3C(=O)[C@H](C(C)C)N3Cc4ccccc4C3=O)c2C1=O. The lowest BCUT2D eigenvalue weighted by atomic mass is 9.99. The van der Waals surface area contributed by atoms with E-state index in [2.05, 4.69) is 32.4 Å². The fourth-order valence-corrected chi connectivity index (χ4v) is 11.1. The van der Waals surface area contributed by atoms with Gasteiger partial charge in [-0.15, -0.1) is 22.7 Å². The second-order valence-corrected chi connectivity index (χ2v) is 20.5. The molecule has 16 nitrogen and oxygen atoms in total. The number of nitrogens with one attached hydrogen (secondary N) is 2. The first kappa shape index (κ1) is 52.5. The molecule has 0 spiro atoms. The minimum absolute atomic E-state index is 0.0259. The molecular formula is C56H56FN7O9S2. The van der Waals surface area contributed by atoms with Crippen LogP contribution in [0.2, 0.25) is 0 Å². The first-order valence-electron chi connectivity index (χ1n) is 24.6. The standard InChI is InChI=1S/C56H56FN7O9S2/c1-33(2)48(63-29-39-9-5-6-13-43(39)53(63)68)55(70)62-31-42(65)27-45(62)51(66)59-28-38-16-15-37(50-35(4)60-32-75-50)25-46(38)73-23-22-72-21-20-71-19-8-12-36-10-7-11-40-30-64(54(69)47(36)40)49(44-26-41(57)17-14-34(44)3)52(67)61-56-58-18-24-74-56/h5-7,9-11,13-18,24-26,32-33,42,45,48-49,65H,19-23,27-31H2,1-4H3,(H,59,66)(H,58,61,67)/t42-,45+,48+,49?/m1/s1. The van der Waals surface area contributed by atoms with Gasteiger partial charge in [-0.3, -0.25) is 29.3 Å². The smallest absolute Gasteiger partial charge is 0.256 e. The second kappa shape index (κ2) is 23.5. The summed E-state index contributed by atoms with van der Waals surface area (Å²) in [6, 6.07) is 19.6. The number of β-amino-alcohol motifs (C(OH)–C–C–N with tert-alkyl or cyclic N) is 1. The van der Waals surface area contributed by atoms with E-state index in [9.17, 15) is 33.5 Å². The third kappa shape index (κ3) is 11.7. The van der Waals surface area contributed by atoms with Gasteiger partial charge in [-0.25, -0.2) is 14.4 Å². The molecule has 1 fully saturated rings. The van der Waals surface area contributed by atoms with Crippen molar-refractivity contribution in [2.24, 2.45) is 5.92 Å². The van der Waals surface area contributed by atoms with Gasteiger partial charge >= 0.3 is 0 Å². The van der Waals surface area contributed by atoms with E-state index < -0.39 is 47.8 Å². The number of aliphatic hydroxyl groups excluding tert-OH is 1. The zero-order valence-corrected chi connectivity index (χ0v) is 43.5. The molecule has 5 amide bonds. The molecule has 75 heavy (non-hydrogen) atoms. The van der Waals surface area contributed by atoms with Crippen LogP contribution in [0.4, 0.5) is 9.52 Å². The van der Waals surface area contributed by atoms with Crippen molar-refractivity contribution in [1.82, 2.24) is 30.0 Å². The van der Waals surface area contributed by atoms with Crippen LogP contribution < -0.4 is 15.4 Å². The maximum Gasteiger partial charge on any atom is 0.256 e. The van der Waals surface area contributed by atoms with Crippen molar-refractivity contribution >= 4 is 57.3 Å². The number of carbonyl (C=O) groups is 5. The molecule has 3 aliphatic heterocycles. The quantitative estimate of drug-likeness (QED) is 0.0555. The molecule has 4 aromatic carbocycles. The highest BCUT2D eigenvalue weighted by atomic mass is 32.1. The highest BCUT2D eigenvalue weighted by molar-refractivity contribution is 7.14. The molecular weight excluding hydrogens is 998 g/mol. The Morgan fingerprint density at radius 2 is 1.68 bits per heavy atom. The van der Waals surface area contributed by atoms with Crippen molar-refractivity contribution in [1.29, 1.82) is 0 Å². The van der Waals surface area contributed by atoms with E-state index in [1.165, 1.54) is 44.6 Å². The van der Waals surface area contributed by atoms with Gasteiger partial charge in [0.05, 0.1) is 47.6 Å². The summed E-state index contributed by atoms with van der Waals surface area (Å²) in [5.74, 6) is 3.84. The summed E-state index contributed by atoms with van der Waals surface area (Å²) in [5, 5.41) is 18.6. The van der Waals surface area contributed by atoms with E-state index in [4.69, 9.17) is 14.2 Å². The van der Waals surface area contributed by atoms with Crippen LogP contribution in [0.1, 0.15) is 86.1 Å². The summed E-state index contributed by atoms with van der Waals surface area (Å²) in [7, 11) is 0. The second-order valence-electron chi connectivity index (χ2n) is 18.8. The zero-order valence-electron chi connectivity index (χ0n) is 41.8. The van der Waals surface area contributed by atoms with Crippen molar-refractivity contribution in [2.75, 3.05) is 44.9 Å². The number of amides is 5. The highest BCUT2D eigenvalue weighted by Crippen LogP contribution is 2.37. The predicted octanol–water partition coefficient (Wildman–Crippen LogP) is 7.08. The van der Waals surface area contributed by atoms with E-state index in [-0.39, 0.29) is 83.4 Å². The van der Waals surface area contributed by atoms with Crippen LogP contribution in [0.25, 0.3) is 10.4 Å². The van der Waals surface area contributed by atoms with Crippen LogP contribution in [0.15, 0.2) is 96.0 Å². The summed E-state index contributed by atoms with van der Waals surface area (Å²) in [6.45, 7) is 8.82. The van der Waals surface area contributed by atoms with Crippen molar-refractivity contribution < 1.29 is 47.7 Å². The molecule has 2 aromatic heterocycles. The van der Waals surface area contributed by atoms with Crippen LogP contribution >= 0.6 is 22.7 Å². The van der Waals surface area contributed by atoms with E-state index in [1.807, 2.05) is 57.2 Å². The van der Waals surface area contributed by atoms with Crippen molar-refractivity contribution in [3.63, 3.8) is 0 Å². The third-order valence-corrected chi connectivity index (χ3v) is 15.1. The van der Waals surface area contributed by atoms with Crippen molar-refractivity contribution in [3.8, 4) is 28.0 Å². The topological polar surface area (TPSA) is 193 Å². The van der Waals surface area contributed by atoms with Gasteiger partial charge in [0.2, 0.25) is 11.8 Å². The Morgan fingerprint density at radius 1 is 0.893 bits per heavy atom. The number of fused-ring (bicyclic) bond motifs is 2. The predicted molar refractivity (Wildman–Crippen MR) is 280 cm³/mol. The fourth-order valence-electron chi connectivity index (χ4n) is 9.81. The number of likely N-dealkylation sites (tertiary alicyclic amines) is 1. The summed E-state index contributed by atoms with van der Waals surface area (Å²) in [5.41, 5.74) is 8.20. The minimum atomic E-state index is -1.13. The number of halogens is 1. The molecule has 3 aliphatic rings. The summed E-state index contributed by atoms with van der Waals surface area (Å²) in [4.78, 5) is 83.5. The average molecular weight is 1050 g/mol. The number of anilines is 1. The Kier molecular flexibility index (Phi) is 16.4. The Morgan fingerprint density at radius 3 is 2.45 bits per heavy atom. The maximum absolute atomic E-state index is 14.6. The number of carbonyl (C=O) groups excluding carboxylic acids is 5. The molecule has 0 radical (unpaired) electrons. The summed E-state index contributed by atoms with van der Waals surface area (Å²) in [6.07, 6.45) is 0.711. The van der Waals surface area contributed by atoms with E-state index in [0.717, 1.165) is 21.7 Å². The van der Waals surface area contributed by atoms with E-state index in [1.54, 1.807) is 59.2 Å². The lowest BCUT2D eigenvalue weighted by Gasteiger charge is -2.35. The van der Waals surface area contributed by atoms with Crippen LogP contribution in [0, 0.1) is 37.4 Å². The Balaban J connectivity index is 0.777. The number of aromatic nitrogens is 2. The van der Waals surface area contributed by atoms with Gasteiger partial charge in [0.1, 0.15) is 42.9 Å². The number of benzene rings is 4. The molecule has 1 unspecified atom stereocenters. The van der Waals surface area contributed by atoms with Gasteiger partial charge < -0.3 is 39.3 Å². The number of nitrogens with zero attached hydrogens (tertiary/aromatic N) is 5. The maximum atomic E-state index is 14.6. The monoisotopic (exact) mass is 1050 g/mol. The number of rotatable bonds is 19. The van der Waals surface area contributed by atoms with Crippen molar-refractivity contribution in [2.45, 2.75) is 78.0 Å². The Labute approximate surface area is 441 Å². The van der Waals surface area contributed by atoms with E-state index >= 15 is 0 Å². The van der Waals surface area contributed by atoms with Gasteiger partial charge in [-0.2, -0.15) is 0 Å². The van der Waals surface area contributed by atoms with Gasteiger partial charge in [0.25, 0.3) is 17.7 Å². The Bertz CT molecular complexity index is 3170. The number of hydrogen-bond acceptors (Lipinski definition) is 13. The molecule has 4 atom stereocenters. The lowest BCUT2D eigenvalue weighted by Crippen LogP contribution is -2.55. The van der Waals surface area contributed by atoms with Crippen LogP contribution in [-0.2, 0) is 43.5 Å². The largest absolute Gasteiger partial charge is 0.491 e. The van der Waals surface area contributed by atoms with Crippen LogP contribution in [-0.4, -0.2) is 117 Å². The molecule has 19 heteroatoms. The number of hydrogen-bond donors (Lipinski definition) is 3. The lowest BCUT2D eigenvalue weighted by molar-refractivity contribution is -0.143. The normalized spacial score (nSPS) is 16.7. The molecule has 0 saturated carbocycles. The number of aryl methyl sites for hydroxylation is 2. The molecule has 0 bridgehead atoms. The number of aliphatic hydroxyl groups is 1. The molecule has 1 saturated heterocycles. The first-order valence-corrected chi connectivity index (χ1v) is 26.4. The van der Waals surface area contributed by atoms with Crippen LogP contribution in [0.3, 0.4) is 0 Å². The molecule has 5 heterocycles. The van der Waals surface area contributed by atoms with Crippen LogP contribution in [0.5, 0.6) is 5.75 Å². The van der Waals surface area contributed by atoms with Gasteiger partial charge in [-0.1, -0.05) is 74.2 Å². The minimum Gasteiger partial charge on any atom is -0.491 e. The summed E-state index contributed by atoms with van der Waals surface area (Å²) < 4.78 is 32.4. The third-order valence-electron chi connectivity index (χ3n) is 13.4. The first-order chi connectivity index (χ1) is 36.3. The van der Waals surface area contributed by atoms with Gasteiger partial charge in [-0.05, 0) is 77.9 Å². The average Bonchev–Trinajstić information content (AvgIpc) is 4.26. The summed E-state index contributed by atoms with van der Waals surface area (Å²) >= 11 is 2.74. The van der Waals surface area contributed by atoms with Gasteiger partial charge in [0.15, 0.2) is 5.13 Å². The number of thiazole rings is 2. The number of ether oxygens (including phenoxy) is 3.